The SMILES string of the molecule is CC.CC/C(=C\C=C1\C=C(NC2CCCCC(OC)C2)C(=O)OC1C)OC(=O)C(C)C.CCNCCC=O. The van der Waals surface area contributed by atoms with Gasteiger partial charge in [-0.2, -0.15) is 0 Å². The fourth-order valence-electron chi connectivity index (χ4n) is 3.80. The molecule has 0 aromatic rings. The third-order valence-electron chi connectivity index (χ3n) is 6.06. The minimum atomic E-state index is -0.357. The number of methoxy groups -OCH3 is 1. The highest BCUT2D eigenvalue weighted by molar-refractivity contribution is 5.90. The van der Waals surface area contributed by atoms with Gasteiger partial charge in [-0.1, -0.05) is 60.5 Å². The van der Waals surface area contributed by atoms with Crippen LogP contribution in [0.2, 0.25) is 0 Å². The van der Waals surface area contributed by atoms with E-state index in [2.05, 4.69) is 10.6 Å². The molecule has 38 heavy (non-hydrogen) atoms. The second kappa shape index (κ2) is 21.5. The van der Waals surface area contributed by atoms with Gasteiger partial charge in [0.2, 0.25) is 0 Å². The minimum Gasteiger partial charge on any atom is -0.453 e. The molecule has 218 valence electrons. The number of cyclic esters (lactones) is 1. The third kappa shape index (κ3) is 14.5. The zero-order chi connectivity index (χ0) is 28.9. The smallest absolute Gasteiger partial charge is 0.355 e. The summed E-state index contributed by atoms with van der Waals surface area (Å²) in [7, 11) is 1.74. The molecule has 8 heteroatoms. The van der Waals surface area contributed by atoms with Gasteiger partial charge in [0.1, 0.15) is 23.8 Å². The first-order valence-electron chi connectivity index (χ1n) is 14.2. The highest BCUT2D eigenvalue weighted by Gasteiger charge is 2.27. The van der Waals surface area contributed by atoms with Crippen LogP contribution in [0.4, 0.5) is 0 Å². The molecular weight excluding hydrogens is 484 g/mol. The first kappa shape index (κ1) is 35.5. The zero-order valence-electron chi connectivity index (χ0n) is 24.9. The molecule has 0 amide bonds. The number of rotatable bonds is 11. The summed E-state index contributed by atoms with van der Waals surface area (Å²) >= 11 is 0. The molecule has 0 spiro atoms. The lowest BCUT2D eigenvalue weighted by atomic mass is 10.0. The lowest BCUT2D eigenvalue weighted by Crippen LogP contribution is -2.37. The van der Waals surface area contributed by atoms with Crippen LogP contribution in [-0.4, -0.2) is 56.7 Å². The molecule has 0 saturated heterocycles. The second-order valence-electron chi connectivity index (χ2n) is 9.36. The summed E-state index contributed by atoms with van der Waals surface area (Å²) in [6.07, 6.45) is 12.7. The lowest BCUT2D eigenvalue weighted by molar-refractivity contribution is -0.144. The van der Waals surface area contributed by atoms with Crippen LogP contribution in [0.3, 0.4) is 0 Å². The predicted molar refractivity (Wildman–Crippen MR) is 152 cm³/mol. The van der Waals surface area contributed by atoms with E-state index < -0.39 is 0 Å². The number of hydrogen-bond acceptors (Lipinski definition) is 8. The van der Waals surface area contributed by atoms with Gasteiger partial charge in [0, 0.05) is 32.5 Å². The average molecular weight is 537 g/mol. The van der Waals surface area contributed by atoms with Crippen molar-refractivity contribution in [1.29, 1.82) is 0 Å². The zero-order valence-corrected chi connectivity index (χ0v) is 24.9. The first-order chi connectivity index (χ1) is 18.2. The van der Waals surface area contributed by atoms with Gasteiger partial charge in [0.15, 0.2) is 0 Å². The van der Waals surface area contributed by atoms with Crippen LogP contribution >= 0.6 is 0 Å². The van der Waals surface area contributed by atoms with Gasteiger partial charge in [-0.3, -0.25) is 4.79 Å². The van der Waals surface area contributed by atoms with Crippen LogP contribution in [0.5, 0.6) is 0 Å². The Morgan fingerprint density at radius 3 is 2.47 bits per heavy atom. The summed E-state index contributed by atoms with van der Waals surface area (Å²) in [5, 5.41) is 6.39. The van der Waals surface area contributed by atoms with E-state index in [-0.39, 0.29) is 36.1 Å². The number of esters is 2. The van der Waals surface area contributed by atoms with Gasteiger partial charge in [-0.15, -0.1) is 0 Å². The molecule has 1 saturated carbocycles. The summed E-state index contributed by atoms with van der Waals surface area (Å²) in [4.78, 5) is 33.9. The van der Waals surface area contributed by atoms with Crippen molar-refractivity contribution in [3.8, 4) is 0 Å². The molecule has 2 rings (SSSR count). The largest absolute Gasteiger partial charge is 0.453 e. The number of carbonyl (C=O) groups excluding carboxylic acids is 3. The topological polar surface area (TPSA) is 103 Å². The normalized spacial score (nSPS) is 22.6. The number of hydrogen-bond donors (Lipinski definition) is 2. The van der Waals surface area contributed by atoms with Crippen molar-refractivity contribution in [2.24, 2.45) is 5.92 Å². The third-order valence-corrected chi connectivity index (χ3v) is 6.06. The van der Waals surface area contributed by atoms with E-state index in [0.717, 1.165) is 57.1 Å². The Hall–Kier alpha value is -2.45. The molecule has 0 aromatic heterocycles. The van der Waals surface area contributed by atoms with E-state index >= 15 is 0 Å². The minimum absolute atomic E-state index is 0.182. The van der Waals surface area contributed by atoms with Crippen molar-refractivity contribution in [2.75, 3.05) is 20.2 Å². The monoisotopic (exact) mass is 536 g/mol. The van der Waals surface area contributed by atoms with Gasteiger partial charge in [0.05, 0.1) is 12.0 Å². The Kier molecular flexibility index (Phi) is 20.1. The molecule has 1 heterocycles. The summed E-state index contributed by atoms with van der Waals surface area (Å²) in [6, 6.07) is 0.185. The van der Waals surface area contributed by atoms with Crippen molar-refractivity contribution < 1.29 is 28.6 Å². The Morgan fingerprint density at radius 2 is 1.89 bits per heavy atom. The molecule has 2 aliphatic rings. The highest BCUT2D eigenvalue weighted by atomic mass is 16.5. The number of allylic oxidation sites excluding steroid dienone is 3. The fraction of sp³-hybridized carbons (Fsp3) is 0.700. The van der Waals surface area contributed by atoms with Gasteiger partial charge in [-0.25, -0.2) is 4.79 Å². The van der Waals surface area contributed by atoms with E-state index in [1.165, 1.54) is 0 Å². The quantitative estimate of drug-likeness (QED) is 0.119. The summed E-state index contributed by atoms with van der Waals surface area (Å²) < 4.78 is 16.5. The standard InChI is InChI=1S/C23H35NO5.C5H11NO.C2H6/c1-6-19(29-22(25)15(2)3)12-11-17-13-21(23(26)28-16(17)4)24-18-9-7-8-10-20(14-18)27-5;1-2-6-4-3-5-7;1-2/h11-13,15-16,18,20,24H,6-10,14H2,1-5H3;5-6H,2-4H2,1H3;1-2H3/b17-11-,19-12+;;. The molecule has 3 unspecified atom stereocenters. The Labute approximate surface area is 230 Å². The maximum atomic E-state index is 12.4. The number of carbonyl (C=O) groups is 3. The van der Waals surface area contributed by atoms with Crippen LogP contribution in [0, 0.1) is 5.92 Å². The number of ether oxygens (including phenoxy) is 3. The summed E-state index contributed by atoms with van der Waals surface area (Å²) in [5.41, 5.74) is 1.33. The summed E-state index contributed by atoms with van der Waals surface area (Å²) in [6.45, 7) is 15.2. The van der Waals surface area contributed by atoms with Gasteiger partial charge < -0.3 is 29.6 Å². The van der Waals surface area contributed by atoms with E-state index in [1.54, 1.807) is 27.0 Å². The van der Waals surface area contributed by atoms with E-state index in [4.69, 9.17) is 14.2 Å². The van der Waals surface area contributed by atoms with Crippen molar-refractivity contribution in [1.82, 2.24) is 10.6 Å². The molecule has 2 N–H and O–H groups in total. The molecule has 1 aliphatic heterocycles. The van der Waals surface area contributed by atoms with Crippen molar-refractivity contribution >= 4 is 18.2 Å². The lowest BCUT2D eigenvalue weighted by Gasteiger charge is -2.27. The number of nitrogens with one attached hydrogen (secondary N) is 2. The van der Waals surface area contributed by atoms with Crippen molar-refractivity contribution in [3.63, 3.8) is 0 Å². The fourth-order valence-corrected chi connectivity index (χ4v) is 3.80. The number of aldehydes is 1. The van der Waals surface area contributed by atoms with E-state index in [9.17, 15) is 14.4 Å². The van der Waals surface area contributed by atoms with Crippen LogP contribution in [0.25, 0.3) is 0 Å². The van der Waals surface area contributed by atoms with E-state index in [1.807, 2.05) is 46.8 Å². The molecule has 3 atom stereocenters. The van der Waals surface area contributed by atoms with Crippen LogP contribution in [0.15, 0.2) is 35.3 Å². The average Bonchev–Trinajstić information content (AvgIpc) is 3.15. The molecule has 1 aliphatic carbocycles. The van der Waals surface area contributed by atoms with Crippen molar-refractivity contribution in [3.05, 3.63) is 35.3 Å². The molecule has 0 bridgehead atoms. The molecule has 0 aromatic carbocycles. The molecular formula is C30H52N2O6. The Morgan fingerprint density at radius 1 is 1.21 bits per heavy atom. The van der Waals surface area contributed by atoms with E-state index in [0.29, 0.717) is 24.3 Å². The maximum absolute atomic E-state index is 12.4. The predicted octanol–water partition coefficient (Wildman–Crippen LogP) is 5.38. The van der Waals surface area contributed by atoms with Crippen LogP contribution in [-0.2, 0) is 28.6 Å². The Bertz CT molecular complexity index is 788. The van der Waals surface area contributed by atoms with Gasteiger partial charge in [0.25, 0.3) is 0 Å². The summed E-state index contributed by atoms with van der Waals surface area (Å²) in [5.74, 6) is -0.175. The van der Waals surface area contributed by atoms with Crippen LogP contribution in [0.1, 0.15) is 93.4 Å². The van der Waals surface area contributed by atoms with Crippen molar-refractivity contribution in [2.45, 2.75) is 112 Å². The van der Waals surface area contributed by atoms with Crippen LogP contribution < -0.4 is 10.6 Å². The maximum Gasteiger partial charge on any atom is 0.355 e. The second-order valence-corrected chi connectivity index (χ2v) is 9.36. The van der Waals surface area contributed by atoms with Gasteiger partial charge in [-0.05, 0) is 50.5 Å². The highest BCUT2D eigenvalue weighted by Crippen LogP contribution is 2.24. The molecule has 1 fully saturated rings. The molecule has 8 nitrogen and oxygen atoms in total. The van der Waals surface area contributed by atoms with Gasteiger partial charge >= 0.3 is 11.9 Å². The first-order valence-corrected chi connectivity index (χ1v) is 14.2. The Balaban J connectivity index is 0.00000132. The molecule has 0 radical (unpaired) electrons.